The van der Waals surface area contributed by atoms with Gasteiger partial charge >= 0.3 is 0 Å². The Morgan fingerprint density at radius 3 is 2.55 bits per heavy atom. The number of amides is 2. The van der Waals surface area contributed by atoms with Gasteiger partial charge in [-0.25, -0.2) is 0 Å². The highest BCUT2D eigenvalue weighted by Gasteiger charge is 2.50. The van der Waals surface area contributed by atoms with Gasteiger partial charge in [-0.1, -0.05) is 13.8 Å². The lowest BCUT2D eigenvalue weighted by atomic mass is 9.86. The first-order chi connectivity index (χ1) is 9.46. The monoisotopic (exact) mass is 282 g/mol. The van der Waals surface area contributed by atoms with Crippen molar-refractivity contribution in [1.29, 1.82) is 0 Å². The number of nitrogens with one attached hydrogen (secondary N) is 1. The van der Waals surface area contributed by atoms with E-state index in [1.54, 1.807) is 11.8 Å². The zero-order valence-electron chi connectivity index (χ0n) is 12.9. The van der Waals surface area contributed by atoms with E-state index in [9.17, 15) is 9.59 Å². The van der Waals surface area contributed by atoms with Crippen molar-refractivity contribution in [3.63, 3.8) is 0 Å². The maximum absolute atomic E-state index is 12.9. The fourth-order valence-electron chi connectivity index (χ4n) is 3.37. The van der Waals surface area contributed by atoms with Gasteiger partial charge in [0, 0.05) is 6.61 Å². The minimum absolute atomic E-state index is 0.0394. The van der Waals surface area contributed by atoms with E-state index in [4.69, 9.17) is 4.74 Å². The van der Waals surface area contributed by atoms with Crippen LogP contribution < -0.4 is 5.32 Å². The number of piperazine rings is 1. The lowest BCUT2D eigenvalue weighted by molar-refractivity contribution is -0.160. The van der Waals surface area contributed by atoms with Crippen LogP contribution in [-0.4, -0.2) is 47.0 Å². The molecule has 0 aliphatic carbocycles. The Morgan fingerprint density at radius 1 is 1.40 bits per heavy atom. The highest BCUT2D eigenvalue weighted by Crippen LogP contribution is 2.29. The molecule has 2 heterocycles. The topological polar surface area (TPSA) is 58.6 Å². The lowest BCUT2D eigenvalue weighted by Crippen LogP contribution is -2.71. The molecule has 114 valence electrons. The van der Waals surface area contributed by atoms with Crippen LogP contribution in [0.2, 0.25) is 0 Å². The smallest absolute Gasteiger partial charge is 0.249 e. The molecule has 2 aliphatic rings. The second kappa shape index (κ2) is 5.72. The van der Waals surface area contributed by atoms with E-state index < -0.39 is 11.6 Å². The first kappa shape index (κ1) is 15.3. The van der Waals surface area contributed by atoms with Gasteiger partial charge in [-0.2, -0.15) is 0 Å². The summed E-state index contributed by atoms with van der Waals surface area (Å²) in [4.78, 5) is 26.9. The summed E-state index contributed by atoms with van der Waals surface area (Å²) in [6.07, 6.45) is 3.29. The Bertz CT molecular complexity index is 387. The average molecular weight is 282 g/mol. The van der Waals surface area contributed by atoms with Gasteiger partial charge in [0.05, 0.1) is 12.1 Å². The van der Waals surface area contributed by atoms with E-state index in [1.807, 2.05) is 20.8 Å². The van der Waals surface area contributed by atoms with Crippen molar-refractivity contribution in [3.05, 3.63) is 0 Å². The van der Waals surface area contributed by atoms with Crippen molar-refractivity contribution in [1.82, 2.24) is 10.2 Å². The van der Waals surface area contributed by atoms with Crippen LogP contribution in [0.1, 0.15) is 53.4 Å². The van der Waals surface area contributed by atoms with Crippen molar-refractivity contribution in [3.8, 4) is 0 Å². The largest absolute Gasteiger partial charge is 0.376 e. The van der Waals surface area contributed by atoms with Gasteiger partial charge in [0.15, 0.2) is 0 Å². The normalized spacial score (nSPS) is 31.3. The molecular formula is C15H26N2O3. The van der Waals surface area contributed by atoms with Crippen LogP contribution in [0.15, 0.2) is 0 Å². The fourth-order valence-corrected chi connectivity index (χ4v) is 3.37. The van der Waals surface area contributed by atoms with Crippen LogP contribution >= 0.6 is 0 Å². The van der Waals surface area contributed by atoms with Gasteiger partial charge in [0.25, 0.3) is 0 Å². The summed E-state index contributed by atoms with van der Waals surface area (Å²) >= 11 is 0. The molecule has 0 radical (unpaired) electrons. The quantitative estimate of drug-likeness (QED) is 0.849. The predicted octanol–water partition coefficient (Wildman–Crippen LogP) is 1.46. The number of hydrogen-bond acceptors (Lipinski definition) is 3. The van der Waals surface area contributed by atoms with E-state index in [0.717, 1.165) is 19.4 Å². The van der Waals surface area contributed by atoms with E-state index in [1.165, 1.54) is 0 Å². The molecule has 1 N–H and O–H groups in total. The van der Waals surface area contributed by atoms with Crippen molar-refractivity contribution < 1.29 is 14.3 Å². The van der Waals surface area contributed by atoms with E-state index in [-0.39, 0.29) is 24.0 Å². The van der Waals surface area contributed by atoms with Gasteiger partial charge in [-0.3, -0.25) is 9.59 Å². The average Bonchev–Trinajstić information content (AvgIpc) is 2.97. The molecule has 5 heteroatoms. The van der Waals surface area contributed by atoms with E-state index >= 15 is 0 Å². The van der Waals surface area contributed by atoms with Gasteiger partial charge in [-0.15, -0.1) is 0 Å². The second-order valence-corrected chi connectivity index (χ2v) is 5.96. The van der Waals surface area contributed by atoms with Crippen molar-refractivity contribution in [2.75, 3.05) is 6.61 Å². The summed E-state index contributed by atoms with van der Waals surface area (Å²) in [6.45, 7) is 8.45. The highest BCUT2D eigenvalue weighted by atomic mass is 16.5. The Hall–Kier alpha value is -1.10. The van der Waals surface area contributed by atoms with Crippen molar-refractivity contribution >= 4 is 11.8 Å². The van der Waals surface area contributed by atoms with Crippen LogP contribution in [0.3, 0.4) is 0 Å². The molecule has 3 atom stereocenters. The molecule has 0 aromatic heterocycles. The minimum atomic E-state index is -0.740. The zero-order valence-corrected chi connectivity index (χ0v) is 12.9. The van der Waals surface area contributed by atoms with Crippen LogP contribution in [0.4, 0.5) is 0 Å². The molecular weight excluding hydrogens is 256 g/mol. The number of ether oxygens (including phenoxy) is 1. The Kier molecular flexibility index (Phi) is 4.37. The summed E-state index contributed by atoms with van der Waals surface area (Å²) in [5, 5.41) is 2.93. The minimum Gasteiger partial charge on any atom is -0.376 e. The molecule has 2 aliphatic heterocycles. The first-order valence-electron chi connectivity index (χ1n) is 7.73. The van der Waals surface area contributed by atoms with Crippen LogP contribution in [-0.2, 0) is 14.3 Å². The summed E-state index contributed by atoms with van der Waals surface area (Å²) in [5.41, 5.74) is -0.740. The highest BCUT2D eigenvalue weighted by molar-refractivity contribution is 5.99. The fraction of sp³-hybridized carbons (Fsp3) is 0.867. The third-order valence-corrected chi connectivity index (χ3v) is 4.95. The standard InChI is InChI=1S/C15H26N2O3/c1-5-15(6-2)14(19)17(11(4)13(18)16-15)10(3)12-8-7-9-20-12/h10-12H,5-9H2,1-4H3,(H,16,18). The Morgan fingerprint density at radius 2 is 2.05 bits per heavy atom. The lowest BCUT2D eigenvalue weighted by Gasteiger charge is -2.47. The predicted molar refractivity (Wildman–Crippen MR) is 76.2 cm³/mol. The summed E-state index contributed by atoms with van der Waals surface area (Å²) in [5.74, 6) is -0.0178. The molecule has 2 rings (SSSR count). The van der Waals surface area contributed by atoms with Gasteiger partial charge in [0.2, 0.25) is 11.8 Å². The SMILES string of the molecule is CCC1(CC)NC(=O)C(C)N(C(C)C2CCCO2)C1=O. The number of carbonyl (C=O) groups is 2. The maximum atomic E-state index is 12.9. The first-order valence-corrected chi connectivity index (χ1v) is 7.73. The van der Waals surface area contributed by atoms with Gasteiger partial charge in [0.1, 0.15) is 11.6 Å². The van der Waals surface area contributed by atoms with Crippen LogP contribution in [0.25, 0.3) is 0 Å². The van der Waals surface area contributed by atoms with Crippen molar-refractivity contribution in [2.24, 2.45) is 0 Å². The van der Waals surface area contributed by atoms with Gasteiger partial charge in [-0.05, 0) is 39.5 Å². The molecule has 2 fully saturated rings. The third-order valence-electron chi connectivity index (χ3n) is 4.95. The van der Waals surface area contributed by atoms with Gasteiger partial charge < -0.3 is 15.0 Å². The molecule has 0 aromatic carbocycles. The molecule has 0 bridgehead atoms. The Balaban J connectivity index is 2.28. The number of nitrogens with zero attached hydrogens (tertiary/aromatic N) is 1. The number of hydrogen-bond donors (Lipinski definition) is 1. The molecule has 20 heavy (non-hydrogen) atoms. The number of rotatable bonds is 4. The summed E-state index contributed by atoms with van der Waals surface area (Å²) in [6, 6.07) is -0.476. The molecule has 0 spiro atoms. The van der Waals surface area contributed by atoms with E-state index in [0.29, 0.717) is 12.8 Å². The molecule has 2 amide bonds. The molecule has 2 saturated heterocycles. The molecule has 3 unspecified atom stereocenters. The van der Waals surface area contributed by atoms with Crippen LogP contribution in [0, 0.1) is 0 Å². The third kappa shape index (κ3) is 2.32. The molecule has 0 aromatic rings. The molecule has 5 nitrogen and oxygen atoms in total. The van der Waals surface area contributed by atoms with Crippen LogP contribution in [0.5, 0.6) is 0 Å². The maximum Gasteiger partial charge on any atom is 0.249 e. The summed E-state index contributed by atoms with van der Waals surface area (Å²) < 4.78 is 5.71. The summed E-state index contributed by atoms with van der Waals surface area (Å²) in [7, 11) is 0. The van der Waals surface area contributed by atoms with Crippen molar-refractivity contribution in [2.45, 2.75) is 77.1 Å². The second-order valence-electron chi connectivity index (χ2n) is 5.96. The van der Waals surface area contributed by atoms with E-state index in [2.05, 4.69) is 5.32 Å². The molecule has 0 saturated carbocycles. The Labute approximate surface area is 121 Å². The zero-order chi connectivity index (χ0) is 14.9. The number of carbonyl (C=O) groups excluding carboxylic acids is 2.